The molecule has 1 amide bonds. The zero-order valence-corrected chi connectivity index (χ0v) is 7.94. The van der Waals surface area contributed by atoms with Gasteiger partial charge in [0.25, 0.3) is 0 Å². The zero-order chi connectivity index (χ0) is 9.97. The van der Waals surface area contributed by atoms with Gasteiger partial charge in [-0.25, -0.2) is 0 Å². The molecule has 72 valence electrons. The Morgan fingerprint density at radius 1 is 1.36 bits per heavy atom. The van der Waals surface area contributed by atoms with E-state index in [9.17, 15) is 4.79 Å². The quantitative estimate of drug-likeness (QED) is 0.703. The maximum atomic E-state index is 10.8. The third-order valence-corrected chi connectivity index (χ3v) is 2.52. The number of hydrogen-bond acceptors (Lipinski definition) is 1. The summed E-state index contributed by atoms with van der Waals surface area (Å²) in [7, 11) is 0. The molecule has 1 aliphatic carbocycles. The maximum absolute atomic E-state index is 10.8. The smallest absolute Gasteiger partial charge is 0.218 e. The second-order valence-electron chi connectivity index (χ2n) is 3.67. The van der Waals surface area contributed by atoms with Crippen molar-refractivity contribution < 1.29 is 4.79 Å². The third kappa shape index (κ3) is 1.84. The minimum atomic E-state index is -0.223. The van der Waals surface area contributed by atoms with Crippen molar-refractivity contribution in [2.45, 2.75) is 12.8 Å². The highest BCUT2D eigenvalue weighted by atomic mass is 16.1. The van der Waals surface area contributed by atoms with E-state index in [1.54, 1.807) is 0 Å². The molecule has 2 heteroatoms. The lowest BCUT2D eigenvalue weighted by Crippen LogP contribution is -2.29. The SMILES string of the molecule is NC(=O)CC1C=c2ccccc2=CC1. The van der Waals surface area contributed by atoms with Crippen LogP contribution in [0.4, 0.5) is 0 Å². The standard InChI is InChI=1S/C12H13NO/c13-12(14)8-9-5-6-10-3-1-2-4-11(10)7-9/h1-4,6-7,9H,5,8H2,(H2,13,14). The molecule has 0 bridgehead atoms. The first-order valence-electron chi connectivity index (χ1n) is 4.81. The lowest BCUT2D eigenvalue weighted by Gasteiger charge is -2.11. The molecule has 1 atom stereocenters. The molecule has 1 aromatic rings. The van der Waals surface area contributed by atoms with Gasteiger partial charge in [0, 0.05) is 6.42 Å². The molecule has 1 unspecified atom stereocenters. The van der Waals surface area contributed by atoms with Crippen LogP contribution in [0, 0.1) is 5.92 Å². The Kier molecular flexibility index (Phi) is 2.35. The number of benzene rings is 1. The average Bonchev–Trinajstić information content (AvgIpc) is 2.17. The van der Waals surface area contributed by atoms with Crippen LogP contribution in [0.1, 0.15) is 12.8 Å². The van der Waals surface area contributed by atoms with Gasteiger partial charge in [0.1, 0.15) is 0 Å². The number of hydrogen-bond donors (Lipinski definition) is 1. The van der Waals surface area contributed by atoms with Crippen molar-refractivity contribution in [3.05, 3.63) is 34.7 Å². The van der Waals surface area contributed by atoms with Crippen LogP contribution in [0.15, 0.2) is 24.3 Å². The highest BCUT2D eigenvalue weighted by Gasteiger charge is 2.09. The van der Waals surface area contributed by atoms with E-state index >= 15 is 0 Å². The van der Waals surface area contributed by atoms with E-state index in [0.29, 0.717) is 6.42 Å². The molecule has 1 aromatic carbocycles. The monoisotopic (exact) mass is 187 g/mol. The molecule has 2 rings (SSSR count). The van der Waals surface area contributed by atoms with Gasteiger partial charge in [-0.15, -0.1) is 0 Å². The maximum Gasteiger partial charge on any atom is 0.218 e. The van der Waals surface area contributed by atoms with Crippen LogP contribution in [0.5, 0.6) is 0 Å². The molecule has 0 saturated carbocycles. The van der Waals surface area contributed by atoms with E-state index < -0.39 is 0 Å². The van der Waals surface area contributed by atoms with Gasteiger partial charge in [-0.2, -0.15) is 0 Å². The number of primary amides is 1. The number of fused-ring (bicyclic) bond motifs is 1. The van der Waals surface area contributed by atoms with Crippen LogP contribution in [0.25, 0.3) is 12.2 Å². The highest BCUT2D eigenvalue weighted by Crippen LogP contribution is 2.12. The van der Waals surface area contributed by atoms with E-state index in [-0.39, 0.29) is 11.8 Å². The molecule has 0 heterocycles. The fraction of sp³-hybridized carbons (Fsp3) is 0.250. The first-order chi connectivity index (χ1) is 6.75. The first kappa shape index (κ1) is 9.00. The van der Waals surface area contributed by atoms with Gasteiger partial charge < -0.3 is 5.73 Å². The number of carbonyl (C=O) groups is 1. The molecule has 1 aliphatic rings. The minimum Gasteiger partial charge on any atom is -0.370 e. The molecule has 0 aromatic heterocycles. The van der Waals surface area contributed by atoms with Gasteiger partial charge in [0.15, 0.2) is 0 Å². The fourth-order valence-electron chi connectivity index (χ4n) is 1.85. The Bertz CT molecular complexity index is 461. The van der Waals surface area contributed by atoms with Crippen molar-refractivity contribution in [1.29, 1.82) is 0 Å². The van der Waals surface area contributed by atoms with Crippen molar-refractivity contribution >= 4 is 18.1 Å². The highest BCUT2D eigenvalue weighted by molar-refractivity contribution is 5.75. The van der Waals surface area contributed by atoms with E-state index in [2.05, 4.69) is 24.3 Å². The van der Waals surface area contributed by atoms with Crippen molar-refractivity contribution in [1.82, 2.24) is 0 Å². The predicted octanol–water partition coefficient (Wildman–Crippen LogP) is 0.143. The Labute approximate surface area is 82.7 Å². The van der Waals surface area contributed by atoms with E-state index in [1.165, 1.54) is 10.4 Å². The van der Waals surface area contributed by atoms with E-state index in [4.69, 9.17) is 5.73 Å². The van der Waals surface area contributed by atoms with Crippen LogP contribution in [-0.4, -0.2) is 5.91 Å². The van der Waals surface area contributed by atoms with Gasteiger partial charge in [0.05, 0.1) is 0 Å². The summed E-state index contributed by atoms with van der Waals surface area (Å²) in [6.07, 6.45) is 5.67. The zero-order valence-electron chi connectivity index (χ0n) is 7.94. The van der Waals surface area contributed by atoms with Gasteiger partial charge in [-0.1, -0.05) is 36.4 Å². The third-order valence-electron chi connectivity index (χ3n) is 2.52. The van der Waals surface area contributed by atoms with Crippen molar-refractivity contribution in [2.75, 3.05) is 0 Å². The van der Waals surface area contributed by atoms with Crippen LogP contribution >= 0.6 is 0 Å². The molecule has 2 nitrogen and oxygen atoms in total. The molecular formula is C12H13NO. The summed E-state index contributed by atoms with van der Waals surface area (Å²) in [6, 6.07) is 8.19. The Morgan fingerprint density at radius 2 is 2.07 bits per heavy atom. The summed E-state index contributed by atoms with van der Waals surface area (Å²) in [5.74, 6) is 0.0569. The lowest BCUT2D eigenvalue weighted by molar-refractivity contribution is -0.118. The summed E-state index contributed by atoms with van der Waals surface area (Å²) < 4.78 is 0. The van der Waals surface area contributed by atoms with E-state index in [0.717, 1.165) is 6.42 Å². The lowest BCUT2D eigenvalue weighted by atomic mass is 9.94. The van der Waals surface area contributed by atoms with Gasteiger partial charge in [-0.05, 0) is 22.8 Å². The molecule has 0 spiro atoms. The predicted molar refractivity (Wildman–Crippen MR) is 56.5 cm³/mol. The van der Waals surface area contributed by atoms with Crippen molar-refractivity contribution in [3.63, 3.8) is 0 Å². The van der Waals surface area contributed by atoms with Gasteiger partial charge in [-0.3, -0.25) is 4.79 Å². The molecule has 0 saturated heterocycles. The largest absolute Gasteiger partial charge is 0.370 e. The van der Waals surface area contributed by atoms with Gasteiger partial charge >= 0.3 is 0 Å². The summed E-state index contributed by atoms with van der Waals surface area (Å²) in [6.45, 7) is 0. The van der Waals surface area contributed by atoms with Crippen molar-refractivity contribution in [3.8, 4) is 0 Å². The van der Waals surface area contributed by atoms with Gasteiger partial charge in [0.2, 0.25) is 5.91 Å². The molecule has 14 heavy (non-hydrogen) atoms. The second-order valence-corrected chi connectivity index (χ2v) is 3.67. The Morgan fingerprint density at radius 3 is 2.79 bits per heavy atom. The molecule has 0 radical (unpaired) electrons. The number of carbonyl (C=O) groups excluding carboxylic acids is 1. The average molecular weight is 187 g/mol. The minimum absolute atomic E-state index is 0.223. The number of rotatable bonds is 2. The number of nitrogens with two attached hydrogens (primary N) is 1. The summed E-state index contributed by atoms with van der Waals surface area (Å²) >= 11 is 0. The fourth-order valence-corrected chi connectivity index (χ4v) is 1.85. The van der Waals surface area contributed by atoms with E-state index in [1.807, 2.05) is 12.1 Å². The normalized spacial score (nSPS) is 19.0. The Hall–Kier alpha value is -1.57. The number of amides is 1. The van der Waals surface area contributed by atoms with Crippen LogP contribution in [-0.2, 0) is 4.79 Å². The Balaban J connectivity index is 2.34. The topological polar surface area (TPSA) is 43.1 Å². The molecule has 2 N–H and O–H groups in total. The van der Waals surface area contributed by atoms with Crippen LogP contribution in [0.2, 0.25) is 0 Å². The molecule has 0 aliphatic heterocycles. The first-order valence-corrected chi connectivity index (χ1v) is 4.81. The summed E-state index contributed by atoms with van der Waals surface area (Å²) in [5, 5.41) is 2.47. The van der Waals surface area contributed by atoms with Crippen molar-refractivity contribution in [2.24, 2.45) is 11.7 Å². The molecule has 0 fully saturated rings. The van der Waals surface area contributed by atoms with Crippen LogP contribution < -0.4 is 16.2 Å². The molecular weight excluding hydrogens is 174 g/mol. The summed E-state index contributed by atoms with van der Waals surface area (Å²) in [5.41, 5.74) is 5.17. The second kappa shape index (κ2) is 3.66. The van der Waals surface area contributed by atoms with Crippen LogP contribution in [0.3, 0.4) is 0 Å². The summed E-state index contributed by atoms with van der Waals surface area (Å²) in [4.78, 5) is 10.8.